The molecule has 0 aliphatic rings. The van der Waals surface area contributed by atoms with Crippen LogP contribution in [0.5, 0.6) is 0 Å². The van der Waals surface area contributed by atoms with Crippen molar-refractivity contribution in [3.8, 4) is 0 Å². The summed E-state index contributed by atoms with van der Waals surface area (Å²) < 4.78 is 6.40. The maximum Gasteiger partial charge on any atom is 0.350 e. The molecule has 0 aliphatic carbocycles. The number of hydrogen-bond acceptors (Lipinski definition) is 2. The number of hydrogen-bond donors (Lipinski definition) is 0. The zero-order valence-corrected chi connectivity index (χ0v) is 16.1. The molecule has 2 nitrogen and oxygen atoms in total. The van der Waals surface area contributed by atoms with Crippen molar-refractivity contribution in [1.82, 2.24) is 0 Å². The van der Waals surface area contributed by atoms with Gasteiger partial charge >= 0.3 is 8.32 Å². The van der Waals surface area contributed by atoms with E-state index in [1.165, 1.54) is 0 Å². The van der Waals surface area contributed by atoms with Crippen LogP contribution >= 0.6 is 0 Å². The maximum atomic E-state index is 12.8. The Morgan fingerprint density at radius 3 is 1.46 bits per heavy atom. The van der Waals surface area contributed by atoms with Crippen LogP contribution in [0.3, 0.4) is 0 Å². The fourth-order valence-electron chi connectivity index (χ4n) is 3.24. The van der Waals surface area contributed by atoms with E-state index in [4.69, 9.17) is 4.43 Å². The van der Waals surface area contributed by atoms with Crippen LogP contribution in [0.15, 0.2) is 91.0 Å². The zero-order valence-electron chi connectivity index (χ0n) is 15.1. The minimum atomic E-state index is -2.89. The molecule has 0 unspecified atom stereocenters. The molecule has 132 valence electrons. The molecule has 0 amide bonds. The van der Waals surface area contributed by atoms with Crippen molar-refractivity contribution in [1.29, 1.82) is 0 Å². The lowest BCUT2D eigenvalue weighted by Gasteiger charge is -2.32. The normalized spacial score (nSPS) is 11.1. The third-order valence-electron chi connectivity index (χ3n) is 4.54. The van der Waals surface area contributed by atoms with Gasteiger partial charge in [-0.3, -0.25) is 4.79 Å². The molecule has 0 radical (unpaired) electrons. The average Bonchev–Trinajstić information content (AvgIpc) is 2.72. The molecule has 0 aromatic heterocycles. The fourth-order valence-corrected chi connectivity index (χ4v) is 7.02. The molecule has 0 saturated heterocycles. The molecular weight excluding hydrogens is 336 g/mol. The molecule has 0 heterocycles. The van der Waals surface area contributed by atoms with Crippen molar-refractivity contribution >= 4 is 29.8 Å². The molecule has 0 saturated carbocycles. The van der Waals surface area contributed by atoms with Crippen molar-refractivity contribution in [2.75, 3.05) is 0 Å². The number of carbonyl (C=O) groups is 1. The van der Waals surface area contributed by atoms with Gasteiger partial charge in [0.1, 0.15) is 0 Å². The van der Waals surface area contributed by atoms with Crippen molar-refractivity contribution in [3.63, 3.8) is 0 Å². The molecule has 0 atom stereocenters. The highest BCUT2D eigenvalue weighted by Crippen LogP contribution is 2.12. The highest BCUT2D eigenvalue weighted by molar-refractivity contribution is 7.07. The highest BCUT2D eigenvalue weighted by Gasteiger charge is 2.45. The van der Waals surface area contributed by atoms with Gasteiger partial charge in [-0.25, -0.2) is 0 Å². The third-order valence-corrected chi connectivity index (χ3v) is 8.52. The van der Waals surface area contributed by atoms with E-state index in [-0.39, 0.29) is 5.97 Å². The molecule has 0 fully saturated rings. The molecule has 3 rings (SSSR count). The lowest BCUT2D eigenvalue weighted by Crippen LogP contribution is -2.70. The lowest BCUT2D eigenvalue weighted by molar-refractivity contribution is -0.134. The summed E-state index contributed by atoms with van der Waals surface area (Å²) in [5.74, 6) is -0.116. The summed E-state index contributed by atoms with van der Waals surface area (Å²) in [5, 5.41) is 3.26. The second-order valence-electron chi connectivity index (χ2n) is 6.36. The topological polar surface area (TPSA) is 26.3 Å². The van der Waals surface area contributed by atoms with E-state index in [0.29, 0.717) is 6.42 Å². The standard InChI is InChI=1S/C23H24O2Si/c1-2-3-19-23(24)25-26(20-13-7-4-8-14-20,21-15-9-5-10-16-21)22-17-11-6-12-18-22/h4-18H,2-3,19H2,1H3. The summed E-state index contributed by atoms with van der Waals surface area (Å²) in [6.45, 7) is 2.09. The fraction of sp³-hybridized carbons (Fsp3) is 0.174. The number of carbonyl (C=O) groups excluding carboxylic acids is 1. The minimum absolute atomic E-state index is 0.116. The van der Waals surface area contributed by atoms with Gasteiger partial charge in [-0.2, -0.15) is 0 Å². The van der Waals surface area contributed by atoms with E-state index >= 15 is 0 Å². The average molecular weight is 361 g/mol. The van der Waals surface area contributed by atoms with E-state index in [1.807, 2.05) is 54.6 Å². The maximum absolute atomic E-state index is 12.8. The van der Waals surface area contributed by atoms with Crippen LogP contribution in [0.4, 0.5) is 0 Å². The van der Waals surface area contributed by atoms with Gasteiger partial charge in [-0.1, -0.05) is 104 Å². The van der Waals surface area contributed by atoms with Gasteiger partial charge in [0.15, 0.2) is 0 Å². The first-order valence-corrected chi connectivity index (χ1v) is 11.1. The minimum Gasteiger partial charge on any atom is -0.506 e. The van der Waals surface area contributed by atoms with Gasteiger partial charge in [0.25, 0.3) is 5.97 Å². The van der Waals surface area contributed by atoms with Crippen LogP contribution < -0.4 is 15.6 Å². The van der Waals surface area contributed by atoms with Gasteiger partial charge in [0.2, 0.25) is 0 Å². The molecule has 3 aromatic carbocycles. The molecule has 0 aliphatic heterocycles. The predicted molar refractivity (Wildman–Crippen MR) is 110 cm³/mol. The summed E-state index contributed by atoms with van der Waals surface area (Å²) in [5.41, 5.74) is 0. The summed E-state index contributed by atoms with van der Waals surface area (Å²) in [6.07, 6.45) is 2.28. The molecule has 3 aromatic rings. The highest BCUT2D eigenvalue weighted by atomic mass is 28.4. The van der Waals surface area contributed by atoms with Crippen LogP contribution in [0, 0.1) is 0 Å². The van der Waals surface area contributed by atoms with Crippen molar-refractivity contribution < 1.29 is 9.22 Å². The quantitative estimate of drug-likeness (QED) is 0.477. The van der Waals surface area contributed by atoms with Gasteiger partial charge in [0, 0.05) is 6.42 Å². The molecular formula is C23H24O2Si. The summed E-state index contributed by atoms with van der Waals surface area (Å²) in [7, 11) is -2.89. The van der Waals surface area contributed by atoms with Gasteiger partial charge < -0.3 is 4.43 Å². The Morgan fingerprint density at radius 2 is 1.12 bits per heavy atom. The largest absolute Gasteiger partial charge is 0.506 e. The summed E-state index contributed by atoms with van der Waals surface area (Å²) >= 11 is 0. The van der Waals surface area contributed by atoms with Crippen molar-refractivity contribution in [2.45, 2.75) is 26.2 Å². The first-order chi connectivity index (χ1) is 12.8. The van der Waals surface area contributed by atoms with Crippen molar-refractivity contribution in [2.24, 2.45) is 0 Å². The van der Waals surface area contributed by atoms with E-state index < -0.39 is 8.32 Å². The summed E-state index contributed by atoms with van der Waals surface area (Å²) in [4.78, 5) is 12.8. The Labute approximate surface area is 156 Å². The third kappa shape index (κ3) is 3.78. The number of benzene rings is 3. The molecule has 26 heavy (non-hydrogen) atoms. The van der Waals surface area contributed by atoms with Gasteiger partial charge in [-0.15, -0.1) is 0 Å². The second-order valence-corrected chi connectivity index (χ2v) is 9.66. The van der Waals surface area contributed by atoms with E-state index in [2.05, 4.69) is 43.3 Å². The Hall–Kier alpha value is -2.65. The molecule has 0 spiro atoms. The Kier molecular flexibility index (Phi) is 6.02. The lowest BCUT2D eigenvalue weighted by atomic mass is 10.3. The Balaban J connectivity index is 2.19. The number of unbranched alkanes of at least 4 members (excludes halogenated alkanes) is 1. The first kappa shape index (κ1) is 18.1. The molecule has 3 heteroatoms. The van der Waals surface area contributed by atoms with Crippen LogP contribution in [-0.2, 0) is 9.22 Å². The SMILES string of the molecule is CCCCC(=O)O[Si](c1ccccc1)(c1ccccc1)c1ccccc1. The van der Waals surface area contributed by atoms with E-state index in [1.54, 1.807) is 0 Å². The number of rotatable bonds is 7. The molecule has 0 bridgehead atoms. The van der Waals surface area contributed by atoms with Crippen LogP contribution in [0.2, 0.25) is 0 Å². The monoisotopic (exact) mass is 360 g/mol. The van der Waals surface area contributed by atoms with E-state index in [0.717, 1.165) is 28.4 Å². The van der Waals surface area contributed by atoms with Crippen LogP contribution in [0.1, 0.15) is 26.2 Å². The van der Waals surface area contributed by atoms with Crippen LogP contribution in [-0.4, -0.2) is 14.3 Å². The van der Waals surface area contributed by atoms with Crippen LogP contribution in [0.25, 0.3) is 0 Å². The zero-order chi connectivity index (χ0) is 18.2. The van der Waals surface area contributed by atoms with Gasteiger partial charge in [0.05, 0.1) is 0 Å². The van der Waals surface area contributed by atoms with Gasteiger partial charge in [-0.05, 0) is 22.0 Å². The smallest absolute Gasteiger partial charge is 0.350 e. The first-order valence-electron chi connectivity index (χ1n) is 9.16. The molecule has 0 N–H and O–H groups in total. The predicted octanol–water partition coefficient (Wildman–Crippen LogP) is 3.39. The van der Waals surface area contributed by atoms with E-state index in [9.17, 15) is 4.79 Å². The Morgan fingerprint density at radius 1 is 0.731 bits per heavy atom. The Bertz CT molecular complexity index is 720. The van der Waals surface area contributed by atoms with Crippen molar-refractivity contribution in [3.05, 3.63) is 91.0 Å². The second kappa shape index (κ2) is 8.63. The summed E-state index contributed by atoms with van der Waals surface area (Å²) in [6, 6.07) is 30.6.